The fourth-order valence-electron chi connectivity index (χ4n) is 2.62. The number of ether oxygens (including phenoxy) is 1. The van der Waals surface area contributed by atoms with Gasteiger partial charge in [-0.3, -0.25) is 14.4 Å². The molecule has 0 saturated heterocycles. The summed E-state index contributed by atoms with van der Waals surface area (Å²) in [5.74, 6) is -0.948. The minimum Gasteiger partial charge on any atom is -0.497 e. The van der Waals surface area contributed by atoms with Crippen molar-refractivity contribution in [1.82, 2.24) is 10.6 Å². The van der Waals surface area contributed by atoms with Crippen LogP contribution in [0.2, 0.25) is 0 Å². The monoisotopic (exact) mass is 384 g/mol. The van der Waals surface area contributed by atoms with E-state index < -0.39 is 12.0 Å². The molecule has 0 aromatic heterocycles. The Labute approximate surface area is 163 Å². The summed E-state index contributed by atoms with van der Waals surface area (Å²) in [4.78, 5) is 35.8. The van der Waals surface area contributed by atoms with Crippen LogP contribution < -0.4 is 15.4 Å². The first-order chi connectivity index (χ1) is 13.5. The van der Waals surface area contributed by atoms with Crippen LogP contribution in [-0.4, -0.2) is 36.5 Å². The van der Waals surface area contributed by atoms with Crippen molar-refractivity contribution in [3.63, 3.8) is 0 Å². The maximum atomic E-state index is 12.6. The lowest BCUT2D eigenvalue weighted by molar-refractivity contribution is -0.137. The SMILES string of the molecule is COc1ccc(C(=O)NC(C(=O)NCCCCC(=O)O)c2ccccc2)cc1. The molecule has 0 saturated carbocycles. The highest BCUT2D eigenvalue weighted by atomic mass is 16.5. The highest BCUT2D eigenvalue weighted by molar-refractivity contribution is 5.98. The van der Waals surface area contributed by atoms with Crippen molar-refractivity contribution in [3.05, 3.63) is 65.7 Å². The van der Waals surface area contributed by atoms with Gasteiger partial charge < -0.3 is 20.5 Å². The van der Waals surface area contributed by atoms with E-state index in [1.165, 1.54) is 0 Å². The first-order valence-electron chi connectivity index (χ1n) is 9.00. The fraction of sp³-hybridized carbons (Fsp3) is 0.286. The van der Waals surface area contributed by atoms with Crippen LogP contribution in [0.15, 0.2) is 54.6 Å². The van der Waals surface area contributed by atoms with E-state index in [4.69, 9.17) is 9.84 Å². The molecule has 3 N–H and O–H groups in total. The molecule has 0 bridgehead atoms. The highest BCUT2D eigenvalue weighted by Gasteiger charge is 2.23. The number of amides is 2. The fourth-order valence-corrected chi connectivity index (χ4v) is 2.62. The van der Waals surface area contributed by atoms with Gasteiger partial charge in [0.1, 0.15) is 11.8 Å². The van der Waals surface area contributed by atoms with Gasteiger partial charge in [-0.1, -0.05) is 30.3 Å². The average molecular weight is 384 g/mol. The molecule has 1 atom stereocenters. The largest absolute Gasteiger partial charge is 0.497 e. The van der Waals surface area contributed by atoms with Crippen LogP contribution in [0.25, 0.3) is 0 Å². The van der Waals surface area contributed by atoms with Crippen LogP contribution in [0.4, 0.5) is 0 Å². The zero-order valence-electron chi connectivity index (χ0n) is 15.7. The van der Waals surface area contributed by atoms with Gasteiger partial charge in [-0.2, -0.15) is 0 Å². The van der Waals surface area contributed by atoms with Crippen LogP contribution in [-0.2, 0) is 9.59 Å². The Kier molecular flexibility index (Phi) is 8.02. The van der Waals surface area contributed by atoms with E-state index in [9.17, 15) is 14.4 Å². The molecule has 2 rings (SSSR count). The number of rotatable bonds is 10. The van der Waals surface area contributed by atoms with E-state index in [-0.39, 0.29) is 18.2 Å². The number of carboxylic acid groups (broad SMARTS) is 1. The van der Waals surface area contributed by atoms with Gasteiger partial charge in [-0.15, -0.1) is 0 Å². The molecule has 7 heteroatoms. The second-order valence-corrected chi connectivity index (χ2v) is 6.19. The van der Waals surface area contributed by atoms with Crippen LogP contribution in [0, 0.1) is 0 Å². The van der Waals surface area contributed by atoms with Gasteiger partial charge >= 0.3 is 5.97 Å². The molecule has 0 aliphatic heterocycles. The predicted octanol–water partition coefficient (Wildman–Crippen LogP) is 2.54. The number of unbranched alkanes of at least 4 members (excludes halogenated alkanes) is 1. The molecule has 0 aliphatic rings. The molecule has 2 aromatic rings. The summed E-state index contributed by atoms with van der Waals surface area (Å²) in [5.41, 5.74) is 1.07. The third-order valence-corrected chi connectivity index (χ3v) is 4.14. The van der Waals surface area contributed by atoms with Crippen LogP contribution >= 0.6 is 0 Å². The van der Waals surface area contributed by atoms with E-state index >= 15 is 0 Å². The number of benzene rings is 2. The molecular formula is C21H24N2O5. The number of carbonyl (C=O) groups excluding carboxylic acids is 2. The number of nitrogens with one attached hydrogen (secondary N) is 2. The Bertz CT molecular complexity index is 790. The molecule has 0 heterocycles. The topological polar surface area (TPSA) is 105 Å². The lowest BCUT2D eigenvalue weighted by Gasteiger charge is -2.19. The first kappa shape index (κ1) is 21.0. The molecule has 7 nitrogen and oxygen atoms in total. The van der Waals surface area contributed by atoms with Gasteiger partial charge in [-0.25, -0.2) is 0 Å². The Morgan fingerprint density at radius 3 is 2.29 bits per heavy atom. The normalized spacial score (nSPS) is 11.3. The highest BCUT2D eigenvalue weighted by Crippen LogP contribution is 2.16. The quantitative estimate of drug-likeness (QED) is 0.546. The summed E-state index contributed by atoms with van der Waals surface area (Å²) in [6.07, 6.45) is 1.09. The van der Waals surface area contributed by atoms with Gasteiger partial charge in [0.15, 0.2) is 0 Å². The molecule has 0 spiro atoms. The second kappa shape index (κ2) is 10.7. The van der Waals surface area contributed by atoms with Crippen molar-refractivity contribution < 1.29 is 24.2 Å². The molecule has 28 heavy (non-hydrogen) atoms. The third kappa shape index (κ3) is 6.42. The standard InChI is InChI=1S/C21H24N2O5/c1-28-17-12-10-16(11-13-17)20(26)23-19(15-7-3-2-4-8-15)21(27)22-14-6-5-9-18(24)25/h2-4,7-8,10-13,19H,5-6,9,14H2,1H3,(H,22,27)(H,23,26)(H,24,25). The Morgan fingerprint density at radius 1 is 1.00 bits per heavy atom. The summed E-state index contributed by atoms with van der Waals surface area (Å²) in [7, 11) is 1.54. The van der Waals surface area contributed by atoms with Crippen LogP contribution in [0.3, 0.4) is 0 Å². The summed E-state index contributed by atoms with van der Waals surface area (Å²) >= 11 is 0. The van der Waals surface area contributed by atoms with Gasteiger partial charge in [0, 0.05) is 18.5 Å². The van der Waals surface area contributed by atoms with E-state index in [1.54, 1.807) is 55.6 Å². The minimum atomic E-state index is -0.861. The van der Waals surface area contributed by atoms with E-state index in [1.807, 2.05) is 6.07 Å². The zero-order valence-corrected chi connectivity index (χ0v) is 15.7. The molecule has 0 fully saturated rings. The van der Waals surface area contributed by atoms with Gasteiger partial charge in [0.25, 0.3) is 5.91 Å². The second-order valence-electron chi connectivity index (χ2n) is 6.19. The van der Waals surface area contributed by atoms with Crippen molar-refractivity contribution in [2.75, 3.05) is 13.7 Å². The number of carbonyl (C=O) groups is 3. The van der Waals surface area contributed by atoms with Crippen LogP contribution in [0.1, 0.15) is 41.2 Å². The third-order valence-electron chi connectivity index (χ3n) is 4.14. The van der Waals surface area contributed by atoms with E-state index in [2.05, 4.69) is 10.6 Å². The summed E-state index contributed by atoms with van der Waals surface area (Å²) in [5, 5.41) is 14.2. The first-order valence-corrected chi connectivity index (χ1v) is 9.00. The number of aliphatic carboxylic acids is 1. The molecule has 0 radical (unpaired) electrons. The zero-order chi connectivity index (χ0) is 20.4. The smallest absolute Gasteiger partial charge is 0.303 e. The van der Waals surface area contributed by atoms with Crippen molar-refractivity contribution in [1.29, 1.82) is 0 Å². The number of carboxylic acids is 1. The van der Waals surface area contributed by atoms with Crippen molar-refractivity contribution in [3.8, 4) is 5.75 Å². The van der Waals surface area contributed by atoms with Gasteiger partial charge in [0.05, 0.1) is 7.11 Å². The molecular weight excluding hydrogens is 360 g/mol. The molecule has 148 valence electrons. The maximum Gasteiger partial charge on any atom is 0.303 e. The Hall–Kier alpha value is -3.35. The van der Waals surface area contributed by atoms with Gasteiger partial charge in [-0.05, 0) is 42.7 Å². The molecule has 1 unspecified atom stereocenters. The number of methoxy groups -OCH3 is 1. The predicted molar refractivity (Wildman–Crippen MR) is 104 cm³/mol. The molecule has 2 amide bonds. The lowest BCUT2D eigenvalue weighted by Crippen LogP contribution is -2.40. The van der Waals surface area contributed by atoms with Crippen LogP contribution in [0.5, 0.6) is 5.75 Å². The summed E-state index contributed by atoms with van der Waals surface area (Å²) < 4.78 is 5.08. The van der Waals surface area contributed by atoms with Crippen molar-refractivity contribution >= 4 is 17.8 Å². The van der Waals surface area contributed by atoms with E-state index in [0.717, 1.165) is 0 Å². The van der Waals surface area contributed by atoms with Gasteiger partial charge in [0.2, 0.25) is 5.91 Å². The van der Waals surface area contributed by atoms with Crippen molar-refractivity contribution in [2.45, 2.75) is 25.3 Å². The number of hydrogen-bond acceptors (Lipinski definition) is 4. The minimum absolute atomic E-state index is 0.0617. The maximum absolute atomic E-state index is 12.6. The Balaban J connectivity index is 2.03. The summed E-state index contributed by atoms with van der Waals surface area (Å²) in [6.45, 7) is 0.341. The lowest BCUT2D eigenvalue weighted by atomic mass is 10.1. The average Bonchev–Trinajstić information content (AvgIpc) is 2.72. The Morgan fingerprint density at radius 2 is 1.68 bits per heavy atom. The van der Waals surface area contributed by atoms with Crippen molar-refractivity contribution in [2.24, 2.45) is 0 Å². The molecule has 2 aromatic carbocycles. The molecule has 0 aliphatic carbocycles. The summed E-state index contributed by atoms with van der Waals surface area (Å²) in [6, 6.07) is 14.7. The van der Waals surface area contributed by atoms with E-state index in [0.29, 0.717) is 36.3 Å². The number of hydrogen-bond donors (Lipinski definition) is 3.